The van der Waals surface area contributed by atoms with E-state index in [1.807, 2.05) is 0 Å². The Bertz CT molecular complexity index is 1760. The van der Waals surface area contributed by atoms with Gasteiger partial charge in [0.2, 0.25) is 5.95 Å². The lowest BCUT2D eigenvalue weighted by Crippen LogP contribution is -2.32. The molecule has 232 valence electrons. The summed E-state index contributed by atoms with van der Waals surface area (Å²) in [6.07, 6.45) is -8.36. The number of anilines is 2. The monoisotopic (exact) mass is 645 g/mol. The molecule has 9 atom stereocenters. The fourth-order valence-corrected chi connectivity index (χ4v) is 6.58. The fraction of sp³-hybridized carbons (Fsp3) is 0.500. The van der Waals surface area contributed by atoms with Crippen LogP contribution in [-0.2, 0) is 30.3 Å². The predicted molar refractivity (Wildman–Crippen MR) is 147 cm³/mol. The molecule has 6 heterocycles. The summed E-state index contributed by atoms with van der Waals surface area (Å²) in [4.78, 5) is 41.2. The Morgan fingerprint density at radius 1 is 1.12 bits per heavy atom. The first-order chi connectivity index (χ1) is 20.5. The summed E-state index contributed by atoms with van der Waals surface area (Å²) in [7, 11) is 0. The molecule has 2 aliphatic rings. The highest BCUT2D eigenvalue weighted by atomic mass is 32.5. The van der Waals surface area contributed by atoms with E-state index < -0.39 is 68.1 Å². The van der Waals surface area contributed by atoms with Crippen LogP contribution in [0.25, 0.3) is 22.2 Å². The lowest BCUT2D eigenvalue weighted by molar-refractivity contribution is -0.0488. The van der Waals surface area contributed by atoms with Gasteiger partial charge in [-0.05, 0) is 17.9 Å². The van der Waals surface area contributed by atoms with Gasteiger partial charge in [-0.2, -0.15) is 4.98 Å². The fourth-order valence-electron chi connectivity index (χ4n) is 5.14. The number of nitrogens with one attached hydrogen (secondary N) is 1. The van der Waals surface area contributed by atoms with Gasteiger partial charge >= 0.3 is 6.72 Å². The maximum absolute atomic E-state index is 15.3. The smallest absolute Gasteiger partial charge is 0.325 e. The SMILES string of the molecule is Nc1nc2c(ncn2[C@@H]2O[C@H](CO)[C@@H](F)[C@H]2OP(O)(=S)OCC[C@H]2O[C@@H](n3ccc4c(N)ncnc43)[C@@H](F)[C@@H]2O)c(=O)[nH]1. The molecule has 2 saturated heterocycles. The molecule has 0 bridgehead atoms. The number of aromatic nitrogens is 7. The highest BCUT2D eigenvalue weighted by molar-refractivity contribution is 8.07. The number of hydrogen-bond donors (Lipinski definition) is 6. The van der Waals surface area contributed by atoms with Crippen molar-refractivity contribution in [1.82, 2.24) is 34.1 Å². The molecule has 0 spiro atoms. The molecule has 4 aromatic rings. The van der Waals surface area contributed by atoms with Crippen molar-refractivity contribution in [3.63, 3.8) is 0 Å². The first-order valence-corrected chi connectivity index (χ1v) is 15.4. The number of ether oxygens (including phenoxy) is 2. The Balaban J connectivity index is 1.13. The lowest BCUT2D eigenvalue weighted by atomic mass is 10.1. The maximum Gasteiger partial charge on any atom is 0.325 e. The van der Waals surface area contributed by atoms with Gasteiger partial charge in [0, 0.05) is 12.6 Å². The molecule has 2 fully saturated rings. The van der Waals surface area contributed by atoms with Crippen LogP contribution in [0.3, 0.4) is 0 Å². The Kier molecular flexibility index (Phi) is 7.90. The quantitative estimate of drug-likeness (QED) is 0.126. The molecule has 8 N–H and O–H groups in total. The van der Waals surface area contributed by atoms with Crippen molar-refractivity contribution in [2.75, 3.05) is 24.7 Å². The zero-order valence-corrected chi connectivity index (χ0v) is 23.6. The number of nitrogen functional groups attached to an aromatic ring is 2. The third-order valence-corrected chi connectivity index (χ3v) is 8.78. The van der Waals surface area contributed by atoms with Crippen molar-refractivity contribution >= 4 is 52.5 Å². The number of rotatable bonds is 9. The van der Waals surface area contributed by atoms with Gasteiger partial charge in [0.05, 0.1) is 31.0 Å². The van der Waals surface area contributed by atoms with E-state index in [2.05, 4.69) is 24.9 Å². The van der Waals surface area contributed by atoms with Crippen LogP contribution in [0.2, 0.25) is 0 Å². The third-order valence-electron chi connectivity index (χ3n) is 7.19. The van der Waals surface area contributed by atoms with Gasteiger partial charge in [-0.1, -0.05) is 0 Å². The van der Waals surface area contributed by atoms with Crippen LogP contribution in [0.4, 0.5) is 20.5 Å². The molecule has 43 heavy (non-hydrogen) atoms. The van der Waals surface area contributed by atoms with Crippen LogP contribution in [0.15, 0.2) is 29.7 Å². The van der Waals surface area contributed by atoms with Crippen molar-refractivity contribution in [3.8, 4) is 0 Å². The van der Waals surface area contributed by atoms with Crippen molar-refractivity contribution in [3.05, 3.63) is 35.3 Å². The van der Waals surface area contributed by atoms with Crippen molar-refractivity contribution < 1.29 is 42.4 Å². The molecular weight excluding hydrogens is 619 g/mol. The molecule has 0 saturated carbocycles. The summed E-state index contributed by atoms with van der Waals surface area (Å²) < 4.78 is 55.1. The van der Waals surface area contributed by atoms with E-state index in [1.54, 1.807) is 6.07 Å². The van der Waals surface area contributed by atoms with Gasteiger partial charge in [-0.3, -0.25) is 18.9 Å². The second-order valence-corrected chi connectivity index (χ2v) is 12.6. The van der Waals surface area contributed by atoms with Gasteiger partial charge in [-0.25, -0.2) is 23.7 Å². The Morgan fingerprint density at radius 3 is 2.65 bits per heavy atom. The van der Waals surface area contributed by atoms with E-state index in [1.165, 1.54) is 17.1 Å². The average molecular weight is 646 g/mol. The van der Waals surface area contributed by atoms with Crippen LogP contribution in [-0.4, -0.2) is 99.1 Å². The summed E-state index contributed by atoms with van der Waals surface area (Å²) in [6.45, 7) is -5.32. The van der Waals surface area contributed by atoms with Gasteiger partial charge in [0.1, 0.15) is 36.1 Å². The highest BCUT2D eigenvalue weighted by Crippen LogP contribution is 2.50. The largest absolute Gasteiger partial charge is 0.394 e. The Morgan fingerprint density at radius 2 is 1.88 bits per heavy atom. The maximum atomic E-state index is 15.3. The zero-order valence-electron chi connectivity index (χ0n) is 21.9. The zero-order chi connectivity index (χ0) is 30.6. The van der Waals surface area contributed by atoms with Crippen LogP contribution in [0.5, 0.6) is 0 Å². The number of nitrogens with zero attached hydrogens (tertiary/aromatic N) is 6. The van der Waals surface area contributed by atoms with Crippen LogP contribution >= 0.6 is 6.72 Å². The first-order valence-electron chi connectivity index (χ1n) is 12.8. The number of nitrogens with two attached hydrogens (primary N) is 2. The number of halogens is 2. The number of aliphatic hydroxyl groups is 2. The van der Waals surface area contributed by atoms with Gasteiger partial charge in [0.15, 0.2) is 36.0 Å². The van der Waals surface area contributed by atoms with E-state index in [4.69, 9.17) is 41.8 Å². The molecule has 17 nitrogen and oxygen atoms in total. The molecule has 0 radical (unpaired) electrons. The summed E-state index contributed by atoms with van der Waals surface area (Å²) in [6, 6.07) is 1.60. The van der Waals surface area contributed by atoms with Crippen molar-refractivity contribution in [1.29, 1.82) is 0 Å². The standard InChI is InChI=1S/C22H26F2N9O8PS/c23-11-10(5-34)40-21(33-7-29-13-18(33)30-22(26)31-19(13)36)15(11)41-42(37,43)38-4-2-9-14(35)12(24)20(39-9)32-3-1-8-16(25)27-6-28-17(8)32/h1,3,6-7,9-12,14-15,20-21,34-35H,2,4-5H2,(H,37,43)(H2,25,27,28)(H3,26,30,31,36)/t9-,10-,11-,12+,14-,15-,20-,21-,42?/m1/s1. The van der Waals surface area contributed by atoms with Crippen molar-refractivity contribution in [2.45, 2.75) is 55.6 Å². The summed E-state index contributed by atoms with van der Waals surface area (Å²) in [5.74, 6) is -0.0420. The second kappa shape index (κ2) is 11.4. The number of fused-ring (bicyclic) bond motifs is 2. The molecule has 21 heteroatoms. The van der Waals surface area contributed by atoms with Crippen LogP contribution in [0.1, 0.15) is 18.9 Å². The molecule has 2 aliphatic heterocycles. The Labute approximate surface area is 244 Å². The normalized spacial score (nSPS) is 30.8. The lowest BCUT2D eigenvalue weighted by Gasteiger charge is -2.25. The van der Waals surface area contributed by atoms with Gasteiger partial charge < -0.3 is 45.1 Å². The average Bonchev–Trinajstić information content (AvgIpc) is 3.71. The Hall–Kier alpha value is -3.20. The molecule has 0 aromatic carbocycles. The number of aliphatic hydroxyl groups excluding tert-OH is 2. The molecular formula is C22H26F2N9O8PS. The minimum absolute atomic E-state index is 0.0647. The molecule has 4 aromatic heterocycles. The second-order valence-electron chi connectivity index (χ2n) is 9.85. The number of aromatic amines is 1. The van der Waals surface area contributed by atoms with Crippen LogP contribution < -0.4 is 17.0 Å². The minimum Gasteiger partial charge on any atom is -0.394 e. The molecule has 0 amide bonds. The summed E-state index contributed by atoms with van der Waals surface area (Å²) >= 11 is 5.09. The van der Waals surface area contributed by atoms with Crippen LogP contribution in [0, 0.1) is 0 Å². The molecule has 6 rings (SSSR count). The topological polar surface area (TPSA) is 244 Å². The van der Waals surface area contributed by atoms with E-state index >= 15 is 8.78 Å². The van der Waals surface area contributed by atoms with E-state index in [0.29, 0.717) is 11.0 Å². The van der Waals surface area contributed by atoms with E-state index in [0.717, 1.165) is 10.9 Å². The molecule has 1 unspecified atom stereocenters. The predicted octanol–water partition coefficient (Wildman–Crippen LogP) is -0.438. The van der Waals surface area contributed by atoms with Gasteiger partial charge in [0.25, 0.3) is 5.56 Å². The summed E-state index contributed by atoms with van der Waals surface area (Å²) in [5.41, 5.74) is 10.9. The number of hydrogen-bond acceptors (Lipinski definition) is 14. The number of alkyl halides is 2. The summed E-state index contributed by atoms with van der Waals surface area (Å²) in [5, 5.41) is 20.6. The highest BCUT2D eigenvalue weighted by Gasteiger charge is 2.50. The van der Waals surface area contributed by atoms with E-state index in [9.17, 15) is 19.9 Å². The van der Waals surface area contributed by atoms with Crippen molar-refractivity contribution in [2.24, 2.45) is 0 Å². The van der Waals surface area contributed by atoms with E-state index in [-0.39, 0.29) is 36.0 Å². The number of imidazole rings is 1. The third kappa shape index (κ3) is 5.38. The first kappa shape index (κ1) is 29.9. The van der Waals surface area contributed by atoms with Gasteiger partial charge in [-0.15, -0.1) is 0 Å². The molecule has 0 aliphatic carbocycles. The number of H-pyrrole nitrogens is 1. The minimum atomic E-state index is -4.21.